The number of hydrogen-bond donors (Lipinski definition) is 0. The summed E-state index contributed by atoms with van der Waals surface area (Å²) in [6.45, 7) is 10.4. The Balaban J connectivity index is 1.83. The Morgan fingerprint density at radius 1 is 1.06 bits per heavy atom. The molecule has 7 heteroatoms. The maximum absolute atomic E-state index is 14.4. The molecule has 5 rings (SSSR count). The molecule has 0 fully saturated rings. The van der Waals surface area contributed by atoms with E-state index in [-0.39, 0.29) is 16.8 Å². The molecule has 0 N–H and O–H groups in total. The van der Waals surface area contributed by atoms with Gasteiger partial charge in [0, 0.05) is 41.4 Å². The van der Waals surface area contributed by atoms with E-state index in [2.05, 4.69) is 51.0 Å². The van der Waals surface area contributed by atoms with Gasteiger partial charge in [0.15, 0.2) is 5.78 Å². The van der Waals surface area contributed by atoms with Crippen molar-refractivity contribution in [3.8, 4) is 27.5 Å². The van der Waals surface area contributed by atoms with Gasteiger partial charge in [-0.3, -0.25) is 18.8 Å². The summed E-state index contributed by atoms with van der Waals surface area (Å²) < 4.78 is 3.59. The van der Waals surface area contributed by atoms with Gasteiger partial charge in [-0.2, -0.15) is 5.10 Å². The molecule has 0 saturated heterocycles. The van der Waals surface area contributed by atoms with Crippen molar-refractivity contribution in [1.29, 1.82) is 0 Å². The zero-order chi connectivity index (χ0) is 25.8. The largest absolute Gasteiger partial charge is 0.294 e. The molecule has 36 heavy (non-hydrogen) atoms. The molecule has 0 atom stereocenters. The topological polar surface area (TPSA) is 69.8 Å². The number of aromatic nitrogens is 4. The number of thiazole rings is 1. The van der Waals surface area contributed by atoms with E-state index >= 15 is 0 Å². The lowest BCUT2D eigenvalue weighted by molar-refractivity contribution is 0.0909. The molecular weight excluding hydrogens is 468 g/mol. The lowest BCUT2D eigenvalue weighted by Gasteiger charge is -2.33. The molecule has 0 saturated carbocycles. The zero-order valence-electron chi connectivity index (χ0n) is 21.8. The summed E-state index contributed by atoms with van der Waals surface area (Å²) in [5.74, 6) is 0.0871. The van der Waals surface area contributed by atoms with Gasteiger partial charge < -0.3 is 0 Å². The van der Waals surface area contributed by atoms with Crippen LogP contribution >= 0.6 is 11.3 Å². The minimum Gasteiger partial charge on any atom is -0.294 e. The molecule has 1 aromatic carbocycles. The number of ketones is 1. The van der Waals surface area contributed by atoms with Crippen molar-refractivity contribution < 1.29 is 4.79 Å². The molecule has 1 aliphatic rings. The first-order valence-electron chi connectivity index (χ1n) is 12.5. The van der Waals surface area contributed by atoms with Crippen molar-refractivity contribution in [3.63, 3.8) is 0 Å². The maximum atomic E-state index is 14.4. The first-order chi connectivity index (χ1) is 17.1. The van der Waals surface area contributed by atoms with Crippen LogP contribution < -0.4 is 5.56 Å². The van der Waals surface area contributed by atoms with Gasteiger partial charge >= 0.3 is 0 Å². The molecular formula is C29H32N4O2S. The number of nitrogens with zero attached hydrogens (tertiary/aromatic N) is 4. The number of para-hydroxylation sites is 1. The van der Waals surface area contributed by atoms with Gasteiger partial charge in [0.25, 0.3) is 5.56 Å². The molecule has 3 aromatic heterocycles. The maximum Gasteiger partial charge on any atom is 0.265 e. The third kappa shape index (κ3) is 4.05. The summed E-state index contributed by atoms with van der Waals surface area (Å²) in [4.78, 5) is 33.7. The monoisotopic (exact) mass is 500 g/mol. The van der Waals surface area contributed by atoms with Crippen LogP contribution in [0, 0.1) is 12.3 Å². The number of benzene rings is 1. The van der Waals surface area contributed by atoms with Crippen molar-refractivity contribution in [2.45, 2.75) is 60.3 Å². The highest BCUT2D eigenvalue weighted by molar-refractivity contribution is 7.15. The highest BCUT2D eigenvalue weighted by Crippen LogP contribution is 2.39. The second-order valence-corrected chi connectivity index (χ2v) is 11.7. The summed E-state index contributed by atoms with van der Waals surface area (Å²) in [7, 11) is 1.87. The van der Waals surface area contributed by atoms with Crippen LogP contribution in [0.2, 0.25) is 0 Å². The Hall–Kier alpha value is -3.32. The number of hydrogen-bond acceptors (Lipinski definition) is 5. The summed E-state index contributed by atoms with van der Waals surface area (Å²) in [6, 6.07) is 8.03. The summed E-state index contributed by atoms with van der Waals surface area (Å²) in [5.41, 5.74) is 6.51. The van der Waals surface area contributed by atoms with Crippen molar-refractivity contribution >= 4 is 17.1 Å². The second-order valence-electron chi connectivity index (χ2n) is 10.5. The molecule has 3 heterocycles. The third-order valence-electron chi connectivity index (χ3n) is 7.08. The van der Waals surface area contributed by atoms with E-state index in [1.54, 1.807) is 16.9 Å². The van der Waals surface area contributed by atoms with Gasteiger partial charge in [0.05, 0.1) is 23.1 Å². The summed E-state index contributed by atoms with van der Waals surface area (Å²) in [5, 5.41) is 4.91. The fourth-order valence-electron chi connectivity index (χ4n) is 5.33. The van der Waals surface area contributed by atoms with Crippen LogP contribution in [0.5, 0.6) is 0 Å². The van der Waals surface area contributed by atoms with Crippen molar-refractivity contribution in [2.75, 3.05) is 0 Å². The van der Waals surface area contributed by atoms with Gasteiger partial charge in [0.2, 0.25) is 0 Å². The SMILES string of the molecule is CCc1cccc(CC)c1-n1c2c(cc(-c3nc(-c4cnn(C)c4)c(C)s3)c1=O)C(=O)CC(C)(C)C2. The normalized spacial score (nSPS) is 14.8. The van der Waals surface area contributed by atoms with E-state index < -0.39 is 0 Å². The molecule has 0 unspecified atom stereocenters. The Morgan fingerprint density at radius 3 is 2.36 bits per heavy atom. The molecule has 0 bridgehead atoms. The second kappa shape index (κ2) is 8.96. The third-order valence-corrected chi connectivity index (χ3v) is 8.09. The number of Topliss-reactive ketones (excluding diaryl/α,β-unsaturated/α-hetero) is 1. The Morgan fingerprint density at radius 2 is 1.75 bits per heavy atom. The molecule has 6 nitrogen and oxygen atoms in total. The van der Waals surface area contributed by atoms with E-state index in [1.165, 1.54) is 11.3 Å². The first kappa shape index (κ1) is 24.4. The van der Waals surface area contributed by atoms with Crippen LogP contribution in [0.1, 0.15) is 66.2 Å². The van der Waals surface area contributed by atoms with Crippen LogP contribution in [0.4, 0.5) is 0 Å². The fraction of sp³-hybridized carbons (Fsp3) is 0.379. The molecule has 4 aromatic rings. The summed E-state index contributed by atoms with van der Waals surface area (Å²) in [6.07, 6.45) is 6.44. The number of fused-ring (bicyclic) bond motifs is 1. The molecule has 0 radical (unpaired) electrons. The number of carbonyl (C=O) groups excluding carboxylic acids is 1. The van der Waals surface area contributed by atoms with Gasteiger partial charge in [-0.15, -0.1) is 11.3 Å². The molecule has 1 aliphatic carbocycles. The van der Waals surface area contributed by atoms with E-state index in [4.69, 9.17) is 4.98 Å². The summed E-state index contributed by atoms with van der Waals surface area (Å²) >= 11 is 1.49. The predicted octanol–water partition coefficient (Wildman–Crippen LogP) is 5.95. The Labute approximate surface area is 215 Å². The number of rotatable bonds is 5. The van der Waals surface area contributed by atoms with Crippen molar-refractivity contribution in [3.05, 3.63) is 74.3 Å². The fourth-order valence-corrected chi connectivity index (χ4v) is 6.27. The molecule has 0 amide bonds. The number of pyridine rings is 1. The number of aryl methyl sites for hydroxylation is 4. The lowest BCUT2D eigenvalue weighted by Crippen LogP contribution is -2.35. The van der Waals surface area contributed by atoms with E-state index in [9.17, 15) is 9.59 Å². The molecule has 186 valence electrons. The zero-order valence-corrected chi connectivity index (χ0v) is 22.6. The minimum absolute atomic E-state index is 0.0871. The average Bonchev–Trinajstić information content (AvgIpc) is 3.43. The van der Waals surface area contributed by atoms with E-state index in [0.29, 0.717) is 29.0 Å². The lowest BCUT2D eigenvalue weighted by atomic mass is 9.75. The van der Waals surface area contributed by atoms with Crippen LogP contribution in [0.15, 0.2) is 41.5 Å². The average molecular weight is 501 g/mol. The van der Waals surface area contributed by atoms with E-state index in [0.717, 1.165) is 51.5 Å². The van der Waals surface area contributed by atoms with Crippen LogP contribution in [-0.4, -0.2) is 25.1 Å². The quantitative estimate of drug-likeness (QED) is 0.340. The van der Waals surface area contributed by atoms with Gasteiger partial charge in [-0.05, 0) is 48.8 Å². The van der Waals surface area contributed by atoms with Gasteiger partial charge in [-0.25, -0.2) is 4.98 Å². The van der Waals surface area contributed by atoms with Crippen molar-refractivity contribution in [1.82, 2.24) is 19.3 Å². The van der Waals surface area contributed by atoms with Crippen LogP contribution in [-0.2, 0) is 26.3 Å². The Bertz CT molecular complexity index is 1530. The van der Waals surface area contributed by atoms with E-state index in [1.807, 2.05) is 24.7 Å². The first-order valence-corrected chi connectivity index (χ1v) is 13.3. The minimum atomic E-state index is -0.210. The smallest absolute Gasteiger partial charge is 0.265 e. The highest BCUT2D eigenvalue weighted by Gasteiger charge is 2.35. The molecule has 0 aliphatic heterocycles. The van der Waals surface area contributed by atoms with Crippen molar-refractivity contribution in [2.24, 2.45) is 12.5 Å². The van der Waals surface area contributed by atoms with Crippen LogP contribution in [0.3, 0.4) is 0 Å². The standard InChI is InChI=1S/C29H32N4O2S/c1-7-18-10-9-11-19(8-2)26(18)33-23-13-29(4,5)14-24(34)21(23)12-22(28(33)35)27-31-25(17(3)36-27)20-15-30-32(6)16-20/h9-12,15-16H,7-8,13-14H2,1-6H3. The van der Waals surface area contributed by atoms with Crippen LogP contribution in [0.25, 0.3) is 27.5 Å². The van der Waals surface area contributed by atoms with Gasteiger partial charge in [-0.1, -0.05) is 45.9 Å². The highest BCUT2D eigenvalue weighted by atomic mass is 32.1. The predicted molar refractivity (Wildman–Crippen MR) is 145 cm³/mol. The van der Waals surface area contributed by atoms with Gasteiger partial charge in [0.1, 0.15) is 5.01 Å². The number of carbonyl (C=O) groups is 1. The Kier molecular flexibility index (Phi) is 6.07. The molecule has 0 spiro atoms.